The van der Waals surface area contributed by atoms with Crippen LogP contribution in [0.15, 0.2) is 12.3 Å². The fourth-order valence-corrected chi connectivity index (χ4v) is 0.992. The summed E-state index contributed by atoms with van der Waals surface area (Å²) in [5.41, 5.74) is 0. The lowest BCUT2D eigenvalue weighted by Gasteiger charge is -2.22. The Bertz CT molecular complexity index is 134. The number of hydrogen-bond donors (Lipinski definition) is 1. The summed E-state index contributed by atoms with van der Waals surface area (Å²) in [7, 11) is 4.14. The van der Waals surface area contributed by atoms with E-state index in [1.54, 1.807) is 6.26 Å². The summed E-state index contributed by atoms with van der Waals surface area (Å²) in [5.74, 6) is 0. The van der Waals surface area contributed by atoms with Gasteiger partial charge >= 0.3 is 0 Å². The Balaban J connectivity index is 2.11. The second-order valence-corrected chi connectivity index (χ2v) is 3.00. The van der Waals surface area contributed by atoms with E-state index in [1.807, 2.05) is 6.08 Å². The van der Waals surface area contributed by atoms with Crippen molar-refractivity contribution < 1.29 is 4.74 Å². The van der Waals surface area contributed by atoms with Crippen LogP contribution < -0.4 is 5.32 Å². The van der Waals surface area contributed by atoms with Gasteiger partial charge in [0.1, 0.15) is 0 Å². The van der Waals surface area contributed by atoms with Gasteiger partial charge in [-0.05, 0) is 20.2 Å². The molecule has 1 rings (SSSR count). The van der Waals surface area contributed by atoms with Gasteiger partial charge in [-0.15, -0.1) is 0 Å². The Labute approximate surface area is 68.0 Å². The Hall–Kier alpha value is -0.540. The lowest BCUT2D eigenvalue weighted by molar-refractivity contribution is 0.0875. The fraction of sp³-hybridized carbons (Fsp3) is 0.750. The van der Waals surface area contributed by atoms with Crippen LogP contribution in [-0.4, -0.2) is 38.3 Å². The molecule has 1 heterocycles. The molecular formula is C8H16N2O. The quantitative estimate of drug-likeness (QED) is 0.640. The summed E-state index contributed by atoms with van der Waals surface area (Å²) in [5, 5.41) is 3.24. The van der Waals surface area contributed by atoms with Crippen molar-refractivity contribution in [3.63, 3.8) is 0 Å². The molecule has 0 saturated carbocycles. The Morgan fingerprint density at radius 3 is 3.00 bits per heavy atom. The zero-order valence-corrected chi connectivity index (χ0v) is 7.21. The summed E-state index contributed by atoms with van der Waals surface area (Å²) < 4.78 is 5.31. The third kappa shape index (κ3) is 3.39. The lowest BCUT2D eigenvalue weighted by atomic mass is 10.3. The van der Waals surface area contributed by atoms with Crippen LogP contribution in [0.25, 0.3) is 0 Å². The molecule has 64 valence electrons. The molecule has 3 nitrogen and oxygen atoms in total. The van der Waals surface area contributed by atoms with Gasteiger partial charge in [0.25, 0.3) is 0 Å². The first kappa shape index (κ1) is 8.56. The maximum absolute atomic E-state index is 5.31. The van der Waals surface area contributed by atoms with Crippen LogP contribution in [0.2, 0.25) is 0 Å². The van der Waals surface area contributed by atoms with Crippen molar-refractivity contribution in [2.45, 2.75) is 12.6 Å². The van der Waals surface area contributed by atoms with E-state index in [4.69, 9.17) is 4.74 Å². The van der Waals surface area contributed by atoms with Crippen molar-refractivity contribution in [1.82, 2.24) is 10.2 Å². The predicted molar refractivity (Wildman–Crippen MR) is 45.2 cm³/mol. The van der Waals surface area contributed by atoms with Crippen molar-refractivity contribution in [2.24, 2.45) is 0 Å². The number of nitrogens with zero attached hydrogens (tertiary/aromatic N) is 1. The molecule has 0 aromatic heterocycles. The third-order valence-electron chi connectivity index (χ3n) is 1.64. The Kier molecular flexibility index (Phi) is 3.39. The molecule has 0 radical (unpaired) electrons. The van der Waals surface area contributed by atoms with E-state index in [0.29, 0.717) is 0 Å². The summed E-state index contributed by atoms with van der Waals surface area (Å²) in [6, 6.07) is 0. The van der Waals surface area contributed by atoms with E-state index >= 15 is 0 Å². The third-order valence-corrected chi connectivity index (χ3v) is 1.64. The van der Waals surface area contributed by atoms with Gasteiger partial charge in [0, 0.05) is 19.5 Å². The molecule has 1 N–H and O–H groups in total. The highest BCUT2D eigenvalue weighted by atomic mass is 16.5. The largest absolute Gasteiger partial charge is 0.483 e. The van der Waals surface area contributed by atoms with E-state index in [0.717, 1.165) is 19.5 Å². The summed E-state index contributed by atoms with van der Waals surface area (Å²) >= 11 is 0. The number of ether oxygens (including phenoxy) is 1. The minimum Gasteiger partial charge on any atom is -0.483 e. The average molecular weight is 156 g/mol. The van der Waals surface area contributed by atoms with Crippen LogP contribution >= 0.6 is 0 Å². The maximum Gasteiger partial charge on any atom is 0.150 e. The van der Waals surface area contributed by atoms with Gasteiger partial charge in [-0.3, -0.25) is 5.32 Å². The average Bonchev–Trinajstić information content (AvgIpc) is 2.03. The number of rotatable bonds is 3. The number of nitrogens with one attached hydrogen (secondary N) is 1. The summed E-state index contributed by atoms with van der Waals surface area (Å²) in [6.45, 7) is 1.99. The molecule has 3 heteroatoms. The smallest absolute Gasteiger partial charge is 0.150 e. The van der Waals surface area contributed by atoms with Crippen molar-refractivity contribution in [2.75, 3.05) is 27.2 Å². The molecule has 0 amide bonds. The molecule has 1 aliphatic rings. The van der Waals surface area contributed by atoms with Gasteiger partial charge in [-0.25, -0.2) is 0 Å². The molecule has 0 aromatic carbocycles. The Morgan fingerprint density at radius 1 is 1.64 bits per heavy atom. The summed E-state index contributed by atoms with van der Waals surface area (Å²) in [6.07, 6.45) is 5.00. The number of hydrogen-bond acceptors (Lipinski definition) is 3. The minimum atomic E-state index is 0.211. The van der Waals surface area contributed by atoms with Crippen LogP contribution in [0, 0.1) is 0 Å². The van der Waals surface area contributed by atoms with Crippen LogP contribution in [0.5, 0.6) is 0 Å². The molecule has 1 aliphatic heterocycles. The van der Waals surface area contributed by atoms with E-state index < -0.39 is 0 Å². The van der Waals surface area contributed by atoms with Gasteiger partial charge in [0.05, 0.1) is 6.26 Å². The van der Waals surface area contributed by atoms with Crippen molar-refractivity contribution >= 4 is 0 Å². The molecule has 0 spiro atoms. The van der Waals surface area contributed by atoms with Gasteiger partial charge in [0.15, 0.2) is 6.23 Å². The summed E-state index contributed by atoms with van der Waals surface area (Å²) in [4.78, 5) is 2.16. The van der Waals surface area contributed by atoms with Crippen molar-refractivity contribution in [3.05, 3.63) is 12.3 Å². The minimum absolute atomic E-state index is 0.211. The predicted octanol–water partition coefficient (Wildman–Crippen LogP) is 0.398. The zero-order chi connectivity index (χ0) is 8.10. The maximum atomic E-state index is 5.31. The van der Waals surface area contributed by atoms with E-state index in [1.165, 1.54) is 0 Å². The molecule has 0 fully saturated rings. The monoisotopic (exact) mass is 156 g/mol. The lowest BCUT2D eigenvalue weighted by Crippen LogP contribution is -2.35. The zero-order valence-electron chi connectivity index (χ0n) is 7.21. The second kappa shape index (κ2) is 4.36. The topological polar surface area (TPSA) is 24.5 Å². The standard InChI is InChI=1S/C8H16N2O/c1-10(2)6-4-8-9-5-3-7-11-8/h3,7-9H,4-6H2,1-2H3. The molecule has 0 bridgehead atoms. The van der Waals surface area contributed by atoms with Gasteiger partial charge in [0.2, 0.25) is 0 Å². The van der Waals surface area contributed by atoms with Gasteiger partial charge < -0.3 is 9.64 Å². The first-order valence-corrected chi connectivity index (χ1v) is 3.97. The normalized spacial score (nSPS) is 23.7. The van der Waals surface area contributed by atoms with E-state index in [2.05, 4.69) is 24.3 Å². The first-order valence-electron chi connectivity index (χ1n) is 3.97. The molecular weight excluding hydrogens is 140 g/mol. The van der Waals surface area contributed by atoms with Crippen LogP contribution in [0.3, 0.4) is 0 Å². The van der Waals surface area contributed by atoms with Crippen LogP contribution in [0.1, 0.15) is 6.42 Å². The van der Waals surface area contributed by atoms with Crippen molar-refractivity contribution in [1.29, 1.82) is 0 Å². The molecule has 0 saturated heterocycles. The van der Waals surface area contributed by atoms with E-state index in [-0.39, 0.29) is 6.23 Å². The SMILES string of the molecule is CN(C)CCC1NCC=CO1. The van der Waals surface area contributed by atoms with Crippen LogP contribution in [0.4, 0.5) is 0 Å². The molecule has 1 atom stereocenters. The molecule has 1 unspecified atom stereocenters. The highest BCUT2D eigenvalue weighted by Crippen LogP contribution is 2.00. The fourth-order valence-electron chi connectivity index (χ4n) is 0.992. The first-order chi connectivity index (χ1) is 5.29. The highest BCUT2D eigenvalue weighted by molar-refractivity contribution is 4.83. The van der Waals surface area contributed by atoms with Crippen LogP contribution in [-0.2, 0) is 4.74 Å². The van der Waals surface area contributed by atoms with Gasteiger partial charge in [-0.2, -0.15) is 0 Å². The highest BCUT2D eigenvalue weighted by Gasteiger charge is 2.08. The molecule has 11 heavy (non-hydrogen) atoms. The Morgan fingerprint density at radius 2 is 2.45 bits per heavy atom. The molecule has 0 aliphatic carbocycles. The van der Waals surface area contributed by atoms with Gasteiger partial charge in [-0.1, -0.05) is 0 Å². The van der Waals surface area contributed by atoms with E-state index in [9.17, 15) is 0 Å². The second-order valence-electron chi connectivity index (χ2n) is 3.00. The van der Waals surface area contributed by atoms with Crippen molar-refractivity contribution in [3.8, 4) is 0 Å². The molecule has 0 aromatic rings.